The third kappa shape index (κ3) is 2.28. The van der Waals surface area contributed by atoms with Gasteiger partial charge in [0.05, 0.1) is 16.4 Å². The van der Waals surface area contributed by atoms with Gasteiger partial charge in [-0.3, -0.25) is 14.9 Å². The summed E-state index contributed by atoms with van der Waals surface area (Å²) in [5, 5.41) is 10.6. The molecule has 1 atom stereocenters. The van der Waals surface area contributed by atoms with Crippen molar-refractivity contribution in [2.45, 2.75) is 44.6 Å². The molecule has 5 nitrogen and oxygen atoms in total. The fraction of sp³-hybridized carbons (Fsp3) is 0.533. The molecule has 6 heteroatoms. The normalized spacial score (nSPS) is 23.7. The zero-order valence-corrected chi connectivity index (χ0v) is 11.5. The van der Waals surface area contributed by atoms with Gasteiger partial charge in [0.1, 0.15) is 11.9 Å². The number of nitro benzene ring substituents is 1. The van der Waals surface area contributed by atoms with E-state index in [1.807, 2.05) is 0 Å². The Morgan fingerprint density at radius 3 is 2.57 bits per heavy atom. The van der Waals surface area contributed by atoms with Crippen molar-refractivity contribution in [2.24, 2.45) is 5.41 Å². The molecule has 0 aromatic heterocycles. The molecule has 112 valence electrons. The van der Waals surface area contributed by atoms with E-state index in [2.05, 4.69) is 0 Å². The van der Waals surface area contributed by atoms with Crippen molar-refractivity contribution >= 4 is 11.5 Å². The summed E-state index contributed by atoms with van der Waals surface area (Å²) in [5.74, 6) is -0.563. The van der Waals surface area contributed by atoms with Crippen LogP contribution in [0.1, 0.15) is 38.5 Å². The van der Waals surface area contributed by atoms with E-state index in [1.54, 1.807) is 0 Å². The van der Waals surface area contributed by atoms with Gasteiger partial charge in [0.2, 0.25) is 0 Å². The Labute approximate surface area is 121 Å². The summed E-state index contributed by atoms with van der Waals surface area (Å²) in [7, 11) is 0. The summed E-state index contributed by atoms with van der Waals surface area (Å²) in [4.78, 5) is 21.9. The van der Waals surface area contributed by atoms with Crippen molar-refractivity contribution in [1.29, 1.82) is 0 Å². The second-order valence-corrected chi connectivity index (χ2v) is 5.82. The van der Waals surface area contributed by atoms with Crippen molar-refractivity contribution in [2.75, 3.05) is 0 Å². The van der Waals surface area contributed by atoms with Crippen LogP contribution in [0.25, 0.3) is 0 Å². The van der Waals surface area contributed by atoms with Gasteiger partial charge in [0.15, 0.2) is 11.6 Å². The van der Waals surface area contributed by atoms with Crippen LogP contribution in [0.3, 0.4) is 0 Å². The maximum absolute atomic E-state index is 13.9. The summed E-state index contributed by atoms with van der Waals surface area (Å²) in [5.41, 5.74) is -0.760. The average molecular weight is 293 g/mol. The molecule has 2 aliphatic rings. The Morgan fingerprint density at radius 1 is 1.29 bits per heavy atom. The molecule has 1 aromatic rings. The molecule has 0 bridgehead atoms. The van der Waals surface area contributed by atoms with Crippen molar-refractivity contribution < 1.29 is 18.8 Å². The molecular weight excluding hydrogens is 277 g/mol. The standard InChI is InChI=1S/C15H16FNO4/c16-11-8-10(17(19)20)4-5-12(11)21-14-9-13(18)15(14)6-2-1-3-7-15/h4-5,8,14H,1-3,6-7,9H2. The van der Waals surface area contributed by atoms with E-state index in [-0.39, 0.29) is 23.3 Å². The molecule has 21 heavy (non-hydrogen) atoms. The maximum atomic E-state index is 13.9. The number of rotatable bonds is 3. The van der Waals surface area contributed by atoms with Gasteiger partial charge >= 0.3 is 0 Å². The lowest BCUT2D eigenvalue weighted by atomic mass is 9.57. The number of Topliss-reactive ketones (excluding diaryl/α,β-unsaturated/α-hetero) is 1. The Kier molecular flexibility index (Phi) is 3.39. The van der Waals surface area contributed by atoms with E-state index in [4.69, 9.17) is 4.74 Å². The predicted octanol–water partition coefficient (Wildman–Crippen LogP) is 3.40. The minimum absolute atomic E-state index is 0.0111. The van der Waals surface area contributed by atoms with Crippen LogP contribution in [0, 0.1) is 21.3 Å². The van der Waals surface area contributed by atoms with Crippen LogP contribution in [0.4, 0.5) is 10.1 Å². The lowest BCUT2D eigenvalue weighted by molar-refractivity contribution is -0.385. The molecule has 1 aromatic carbocycles. The van der Waals surface area contributed by atoms with Gasteiger partial charge < -0.3 is 4.74 Å². The molecule has 2 saturated carbocycles. The second kappa shape index (κ2) is 5.09. The number of ether oxygens (including phenoxy) is 1. The van der Waals surface area contributed by atoms with Crippen LogP contribution in [0.15, 0.2) is 18.2 Å². The Bertz CT molecular complexity index is 595. The number of carbonyl (C=O) groups is 1. The van der Waals surface area contributed by atoms with Crippen LogP contribution in [-0.2, 0) is 4.79 Å². The lowest BCUT2D eigenvalue weighted by Crippen LogP contribution is -2.57. The molecule has 0 amide bonds. The number of hydrogen-bond donors (Lipinski definition) is 0. The smallest absolute Gasteiger partial charge is 0.272 e. The van der Waals surface area contributed by atoms with Crippen molar-refractivity contribution in [3.8, 4) is 5.75 Å². The van der Waals surface area contributed by atoms with Gasteiger partial charge in [-0.2, -0.15) is 0 Å². The van der Waals surface area contributed by atoms with Crippen molar-refractivity contribution in [3.05, 3.63) is 34.1 Å². The highest BCUT2D eigenvalue weighted by molar-refractivity contribution is 5.92. The SMILES string of the molecule is O=C1CC(Oc2ccc([N+](=O)[O-])cc2F)C12CCCCC2. The van der Waals surface area contributed by atoms with Gasteiger partial charge in [-0.15, -0.1) is 0 Å². The van der Waals surface area contributed by atoms with Crippen molar-refractivity contribution in [3.63, 3.8) is 0 Å². The molecule has 2 aliphatic carbocycles. The summed E-state index contributed by atoms with van der Waals surface area (Å²) >= 11 is 0. The minimum atomic E-state index is -0.755. The van der Waals surface area contributed by atoms with E-state index in [9.17, 15) is 19.3 Å². The van der Waals surface area contributed by atoms with Gasteiger partial charge in [0.25, 0.3) is 5.69 Å². The Morgan fingerprint density at radius 2 is 2.00 bits per heavy atom. The van der Waals surface area contributed by atoms with Crippen LogP contribution in [-0.4, -0.2) is 16.8 Å². The van der Waals surface area contributed by atoms with Gasteiger partial charge in [-0.1, -0.05) is 19.3 Å². The van der Waals surface area contributed by atoms with E-state index in [0.29, 0.717) is 6.42 Å². The largest absolute Gasteiger partial charge is 0.486 e. The molecule has 2 fully saturated rings. The lowest BCUT2D eigenvalue weighted by Gasteiger charge is -2.49. The third-order valence-electron chi connectivity index (χ3n) is 4.68. The van der Waals surface area contributed by atoms with Crippen LogP contribution < -0.4 is 4.74 Å². The van der Waals surface area contributed by atoms with Gasteiger partial charge in [0, 0.05) is 12.5 Å². The van der Waals surface area contributed by atoms with E-state index in [0.717, 1.165) is 38.2 Å². The third-order valence-corrected chi connectivity index (χ3v) is 4.68. The second-order valence-electron chi connectivity index (χ2n) is 5.82. The monoisotopic (exact) mass is 293 g/mol. The number of ketones is 1. The van der Waals surface area contributed by atoms with Gasteiger partial charge in [-0.25, -0.2) is 4.39 Å². The molecule has 3 rings (SSSR count). The molecule has 0 N–H and O–H groups in total. The number of nitro groups is 1. The fourth-order valence-corrected chi connectivity index (χ4v) is 3.41. The van der Waals surface area contributed by atoms with Crippen molar-refractivity contribution in [1.82, 2.24) is 0 Å². The zero-order chi connectivity index (χ0) is 15.0. The molecule has 0 aliphatic heterocycles. The van der Waals surface area contributed by atoms with Crippen LogP contribution in [0.5, 0.6) is 5.75 Å². The summed E-state index contributed by atoms with van der Waals surface area (Å²) in [6, 6.07) is 3.34. The highest BCUT2D eigenvalue weighted by atomic mass is 19.1. The molecule has 0 radical (unpaired) electrons. The molecule has 1 spiro atoms. The van der Waals surface area contributed by atoms with Crippen LogP contribution in [0.2, 0.25) is 0 Å². The first-order chi connectivity index (χ1) is 10.0. The molecular formula is C15H16FNO4. The number of hydrogen-bond acceptors (Lipinski definition) is 4. The molecule has 1 unspecified atom stereocenters. The van der Waals surface area contributed by atoms with E-state index < -0.39 is 16.2 Å². The molecule has 0 saturated heterocycles. The number of benzene rings is 1. The summed E-state index contributed by atoms with van der Waals surface area (Å²) in [6.07, 6.45) is 4.70. The minimum Gasteiger partial charge on any atom is -0.486 e. The van der Waals surface area contributed by atoms with Gasteiger partial charge in [-0.05, 0) is 18.9 Å². The van der Waals surface area contributed by atoms with E-state index in [1.165, 1.54) is 12.1 Å². The quantitative estimate of drug-likeness (QED) is 0.632. The summed E-state index contributed by atoms with van der Waals surface area (Å²) in [6.45, 7) is 0. The Hall–Kier alpha value is -1.98. The number of nitrogens with zero attached hydrogens (tertiary/aromatic N) is 1. The number of non-ortho nitro benzene ring substituents is 1. The summed E-state index contributed by atoms with van der Waals surface area (Å²) < 4.78 is 19.5. The van der Waals surface area contributed by atoms with E-state index >= 15 is 0 Å². The Balaban J connectivity index is 1.78. The first-order valence-electron chi connectivity index (χ1n) is 7.17. The average Bonchev–Trinajstić information content (AvgIpc) is 2.49. The first-order valence-corrected chi connectivity index (χ1v) is 7.17. The highest BCUT2D eigenvalue weighted by Crippen LogP contribution is 2.50. The zero-order valence-electron chi connectivity index (χ0n) is 11.5. The first kappa shape index (κ1) is 14.0. The van der Waals surface area contributed by atoms with Crippen LogP contribution >= 0.6 is 0 Å². The number of carbonyl (C=O) groups excluding carboxylic acids is 1. The molecule has 0 heterocycles. The number of halogens is 1. The predicted molar refractivity (Wildman–Crippen MR) is 72.6 cm³/mol. The topological polar surface area (TPSA) is 69.4 Å². The highest BCUT2D eigenvalue weighted by Gasteiger charge is 2.56. The maximum Gasteiger partial charge on any atom is 0.272 e. The fourth-order valence-electron chi connectivity index (χ4n) is 3.41.